The third kappa shape index (κ3) is 3.41. The van der Waals surface area contributed by atoms with Crippen molar-refractivity contribution < 1.29 is 0 Å². The molecule has 1 fully saturated rings. The molecule has 1 N–H and O–H groups in total. The first-order valence-electron chi connectivity index (χ1n) is 9.47. The molecule has 0 radical (unpaired) electrons. The Kier molecular flexibility index (Phi) is 4.58. The molecule has 0 amide bonds. The van der Waals surface area contributed by atoms with Crippen LogP contribution in [0.3, 0.4) is 0 Å². The molecule has 4 aromatic rings. The Balaban J connectivity index is 1.41. The Morgan fingerprint density at radius 2 is 1.79 bits per heavy atom. The zero-order valence-electron chi connectivity index (χ0n) is 15.4. The summed E-state index contributed by atoms with van der Waals surface area (Å²) in [6.07, 6.45) is 6.02. The highest BCUT2D eigenvalue weighted by molar-refractivity contribution is 7.13. The zero-order valence-corrected chi connectivity index (χ0v) is 16.2. The molecule has 0 bridgehead atoms. The molecule has 0 atom stereocenters. The number of hydrogen-bond acceptors (Lipinski definition) is 7. The molecule has 0 saturated carbocycles. The summed E-state index contributed by atoms with van der Waals surface area (Å²) >= 11 is 1.63. The number of pyridine rings is 1. The van der Waals surface area contributed by atoms with E-state index in [1.807, 2.05) is 42.6 Å². The number of fused-ring (bicyclic) bond motifs is 1. The Hall–Kier alpha value is -3.06. The Labute approximate surface area is 167 Å². The molecule has 7 heteroatoms. The number of benzene rings is 1. The normalized spacial score (nSPS) is 13.9. The molecule has 140 valence electrons. The number of hydrogen-bond donors (Lipinski definition) is 1. The maximum absolute atomic E-state index is 4.90. The van der Waals surface area contributed by atoms with Crippen molar-refractivity contribution >= 4 is 34.0 Å². The molecular formula is C21H20N6S. The smallest absolute Gasteiger partial charge is 0.172 e. The van der Waals surface area contributed by atoms with Crippen molar-refractivity contribution in [3.63, 3.8) is 0 Å². The molecule has 0 unspecified atom stereocenters. The van der Waals surface area contributed by atoms with E-state index in [-0.39, 0.29) is 0 Å². The summed E-state index contributed by atoms with van der Waals surface area (Å²) in [5, 5.41) is 6.54. The summed E-state index contributed by atoms with van der Waals surface area (Å²) in [6.45, 7) is 2.68. The van der Waals surface area contributed by atoms with Crippen molar-refractivity contribution in [2.45, 2.75) is 19.4 Å². The summed E-state index contributed by atoms with van der Waals surface area (Å²) in [6, 6.07) is 12.0. The fraction of sp³-hybridized carbons (Fsp3) is 0.238. The van der Waals surface area contributed by atoms with E-state index in [2.05, 4.69) is 20.6 Å². The Bertz CT molecular complexity index is 1090. The highest BCUT2D eigenvalue weighted by Gasteiger charge is 2.19. The van der Waals surface area contributed by atoms with Gasteiger partial charge in [0.05, 0.1) is 23.3 Å². The monoisotopic (exact) mass is 388 g/mol. The van der Waals surface area contributed by atoms with Crippen LogP contribution in [0, 0.1) is 0 Å². The van der Waals surface area contributed by atoms with Crippen molar-refractivity contribution in [3.8, 4) is 10.6 Å². The van der Waals surface area contributed by atoms with Crippen LogP contribution in [0.15, 0.2) is 54.2 Å². The van der Waals surface area contributed by atoms with Crippen LogP contribution in [0.2, 0.25) is 0 Å². The van der Waals surface area contributed by atoms with E-state index < -0.39 is 0 Å². The Morgan fingerprint density at radius 1 is 0.964 bits per heavy atom. The van der Waals surface area contributed by atoms with Crippen LogP contribution < -0.4 is 10.2 Å². The molecule has 3 aromatic heterocycles. The predicted molar refractivity (Wildman–Crippen MR) is 114 cm³/mol. The molecular weight excluding hydrogens is 368 g/mol. The maximum Gasteiger partial charge on any atom is 0.172 e. The molecule has 28 heavy (non-hydrogen) atoms. The topological polar surface area (TPSA) is 66.8 Å². The quantitative estimate of drug-likeness (QED) is 0.548. The fourth-order valence-corrected chi connectivity index (χ4v) is 4.25. The number of anilines is 2. The zero-order chi connectivity index (χ0) is 18.8. The number of rotatable bonds is 5. The highest BCUT2D eigenvalue weighted by Crippen LogP contribution is 2.29. The van der Waals surface area contributed by atoms with E-state index >= 15 is 0 Å². The van der Waals surface area contributed by atoms with Gasteiger partial charge in [-0.05, 0) is 37.1 Å². The van der Waals surface area contributed by atoms with E-state index in [1.165, 1.54) is 12.8 Å². The largest absolute Gasteiger partial charge is 0.361 e. The molecule has 6 nitrogen and oxygen atoms in total. The number of nitrogens with one attached hydrogen (secondary N) is 1. The second-order valence-corrected chi connectivity index (χ2v) is 7.68. The van der Waals surface area contributed by atoms with Crippen LogP contribution in [0.25, 0.3) is 21.6 Å². The van der Waals surface area contributed by atoms with Crippen LogP contribution in [0.5, 0.6) is 0 Å². The summed E-state index contributed by atoms with van der Waals surface area (Å²) in [4.78, 5) is 21.0. The van der Waals surface area contributed by atoms with Gasteiger partial charge in [0.15, 0.2) is 11.6 Å². The summed E-state index contributed by atoms with van der Waals surface area (Å²) < 4.78 is 0. The van der Waals surface area contributed by atoms with Gasteiger partial charge in [0.25, 0.3) is 0 Å². The second kappa shape index (κ2) is 7.52. The maximum atomic E-state index is 4.90. The minimum absolute atomic E-state index is 0.616. The van der Waals surface area contributed by atoms with Gasteiger partial charge in [0.1, 0.15) is 5.01 Å². The highest BCUT2D eigenvalue weighted by atomic mass is 32.1. The summed E-state index contributed by atoms with van der Waals surface area (Å²) in [7, 11) is 0. The second-order valence-electron chi connectivity index (χ2n) is 6.82. The summed E-state index contributed by atoms with van der Waals surface area (Å²) in [5.74, 6) is 1.77. The molecule has 0 spiro atoms. The van der Waals surface area contributed by atoms with E-state index in [0.717, 1.165) is 52.0 Å². The van der Waals surface area contributed by atoms with Gasteiger partial charge >= 0.3 is 0 Å². The summed E-state index contributed by atoms with van der Waals surface area (Å²) in [5.41, 5.74) is 3.87. The first-order chi connectivity index (χ1) is 13.9. The lowest BCUT2D eigenvalue weighted by Gasteiger charge is -2.20. The lowest BCUT2D eigenvalue weighted by Crippen LogP contribution is -2.21. The van der Waals surface area contributed by atoms with E-state index in [0.29, 0.717) is 6.54 Å². The van der Waals surface area contributed by atoms with Gasteiger partial charge in [-0.15, -0.1) is 11.3 Å². The fourth-order valence-electron chi connectivity index (χ4n) is 3.44. The first-order valence-corrected chi connectivity index (χ1v) is 10.4. The van der Waals surface area contributed by atoms with Crippen molar-refractivity contribution in [3.05, 3.63) is 59.9 Å². The van der Waals surface area contributed by atoms with Gasteiger partial charge in [0, 0.05) is 36.4 Å². The lowest BCUT2D eigenvalue weighted by atomic mass is 10.3. The number of aromatic nitrogens is 4. The molecule has 1 aliphatic heterocycles. The van der Waals surface area contributed by atoms with Crippen molar-refractivity contribution in [2.24, 2.45) is 0 Å². The molecule has 1 aliphatic rings. The molecule has 4 heterocycles. The van der Waals surface area contributed by atoms with Gasteiger partial charge in [-0.2, -0.15) is 0 Å². The average molecular weight is 389 g/mol. The SMILES string of the molecule is c1cncc(-c2nc(CNc3nc4ccccc4nc3N3CCCC3)cs2)c1. The van der Waals surface area contributed by atoms with Gasteiger partial charge in [0.2, 0.25) is 0 Å². The van der Waals surface area contributed by atoms with Gasteiger partial charge in [-0.25, -0.2) is 15.0 Å². The molecule has 0 aliphatic carbocycles. The van der Waals surface area contributed by atoms with Crippen LogP contribution >= 0.6 is 11.3 Å². The predicted octanol–water partition coefficient (Wildman–Crippen LogP) is 4.36. The van der Waals surface area contributed by atoms with Crippen LogP contribution in [-0.4, -0.2) is 33.0 Å². The third-order valence-corrected chi connectivity index (χ3v) is 5.80. The third-order valence-electron chi connectivity index (χ3n) is 4.85. The van der Waals surface area contributed by atoms with Crippen molar-refractivity contribution in [1.29, 1.82) is 0 Å². The van der Waals surface area contributed by atoms with Gasteiger partial charge < -0.3 is 10.2 Å². The van der Waals surface area contributed by atoms with Crippen molar-refractivity contribution in [1.82, 2.24) is 19.9 Å². The average Bonchev–Trinajstić information content (AvgIpc) is 3.44. The molecule has 1 saturated heterocycles. The number of thiazole rings is 1. The Morgan fingerprint density at radius 3 is 2.57 bits per heavy atom. The standard InChI is InChI=1S/C21H20N6S/c1-2-8-18-17(7-1)25-19(20(26-18)27-10-3-4-11-27)23-13-16-14-28-21(24-16)15-6-5-9-22-12-15/h1-2,5-9,12,14H,3-4,10-11,13H2,(H,23,25). The molecule has 1 aromatic carbocycles. The van der Waals surface area contributed by atoms with E-state index in [9.17, 15) is 0 Å². The van der Waals surface area contributed by atoms with Gasteiger partial charge in [-0.1, -0.05) is 12.1 Å². The first kappa shape index (κ1) is 17.1. The van der Waals surface area contributed by atoms with Crippen LogP contribution in [-0.2, 0) is 6.54 Å². The minimum Gasteiger partial charge on any atom is -0.361 e. The van der Waals surface area contributed by atoms with Crippen molar-refractivity contribution in [2.75, 3.05) is 23.3 Å². The number of nitrogens with zero attached hydrogens (tertiary/aromatic N) is 5. The minimum atomic E-state index is 0.616. The van der Waals surface area contributed by atoms with Crippen LogP contribution in [0.1, 0.15) is 18.5 Å². The number of para-hydroxylation sites is 2. The van der Waals surface area contributed by atoms with E-state index in [1.54, 1.807) is 17.5 Å². The van der Waals surface area contributed by atoms with Gasteiger partial charge in [-0.3, -0.25) is 4.98 Å². The van der Waals surface area contributed by atoms with E-state index in [4.69, 9.17) is 15.0 Å². The lowest BCUT2D eigenvalue weighted by molar-refractivity contribution is 0.930. The molecule has 5 rings (SSSR count). The van der Waals surface area contributed by atoms with Crippen LogP contribution in [0.4, 0.5) is 11.6 Å².